The molecule has 2 amide bonds. The Morgan fingerprint density at radius 1 is 1.25 bits per heavy atom. The standard InChI is InChI=1S/C18H20N2O3S/c1-12(16-11-23-17-9-4-3-8-15(16)17)19-18(21)20-13-6-5-7-14(10-13)24(2)22/h3-10,12,16H,11H2,1-2H3,(H2,19,20,21). The summed E-state index contributed by atoms with van der Waals surface area (Å²) in [6, 6.07) is 14.6. The number of urea groups is 1. The molecule has 0 aliphatic carbocycles. The zero-order chi connectivity index (χ0) is 17.1. The van der Waals surface area contributed by atoms with Gasteiger partial charge in [-0.15, -0.1) is 0 Å². The van der Waals surface area contributed by atoms with Crippen LogP contribution in [0.15, 0.2) is 53.4 Å². The van der Waals surface area contributed by atoms with E-state index >= 15 is 0 Å². The summed E-state index contributed by atoms with van der Waals surface area (Å²) in [5.41, 5.74) is 1.74. The molecule has 2 N–H and O–H groups in total. The number of hydrogen-bond acceptors (Lipinski definition) is 3. The number of hydrogen-bond donors (Lipinski definition) is 2. The molecule has 0 bridgehead atoms. The lowest BCUT2D eigenvalue weighted by Crippen LogP contribution is -2.40. The van der Waals surface area contributed by atoms with Crippen LogP contribution in [0.3, 0.4) is 0 Å². The Morgan fingerprint density at radius 2 is 2.04 bits per heavy atom. The van der Waals surface area contributed by atoms with Gasteiger partial charge in [-0.25, -0.2) is 4.79 Å². The third kappa shape index (κ3) is 3.59. The number of carbonyl (C=O) groups excluding carboxylic acids is 1. The van der Waals surface area contributed by atoms with Crippen molar-refractivity contribution in [3.8, 4) is 5.75 Å². The second kappa shape index (κ2) is 7.05. The first kappa shape index (κ1) is 16.5. The van der Waals surface area contributed by atoms with E-state index in [0.717, 1.165) is 11.3 Å². The number of para-hydroxylation sites is 1. The van der Waals surface area contributed by atoms with Crippen LogP contribution in [-0.4, -0.2) is 29.1 Å². The van der Waals surface area contributed by atoms with Crippen molar-refractivity contribution < 1.29 is 13.7 Å². The highest BCUT2D eigenvalue weighted by Gasteiger charge is 2.29. The molecule has 0 aromatic heterocycles. The molecule has 0 radical (unpaired) electrons. The molecule has 1 aliphatic rings. The molecule has 24 heavy (non-hydrogen) atoms. The van der Waals surface area contributed by atoms with Crippen molar-refractivity contribution in [2.45, 2.75) is 23.8 Å². The maximum atomic E-state index is 12.2. The van der Waals surface area contributed by atoms with Gasteiger partial charge in [-0.3, -0.25) is 4.21 Å². The Bertz CT molecular complexity index is 778. The van der Waals surface area contributed by atoms with Crippen molar-refractivity contribution in [3.63, 3.8) is 0 Å². The lowest BCUT2D eigenvalue weighted by atomic mass is 9.94. The number of benzene rings is 2. The number of amides is 2. The summed E-state index contributed by atoms with van der Waals surface area (Å²) in [5, 5.41) is 5.74. The number of rotatable bonds is 4. The van der Waals surface area contributed by atoms with E-state index in [-0.39, 0.29) is 18.0 Å². The third-order valence-corrected chi connectivity index (χ3v) is 5.04. The molecule has 3 unspecified atom stereocenters. The molecule has 3 rings (SSSR count). The molecule has 1 heterocycles. The maximum absolute atomic E-state index is 12.2. The normalized spacial score (nSPS) is 18.2. The maximum Gasteiger partial charge on any atom is 0.319 e. The average molecular weight is 344 g/mol. The molecule has 5 nitrogen and oxygen atoms in total. The van der Waals surface area contributed by atoms with E-state index in [2.05, 4.69) is 10.6 Å². The summed E-state index contributed by atoms with van der Waals surface area (Å²) in [4.78, 5) is 12.9. The molecule has 0 saturated heterocycles. The van der Waals surface area contributed by atoms with E-state index in [4.69, 9.17) is 4.74 Å². The molecular formula is C18H20N2O3S. The minimum absolute atomic E-state index is 0.0721. The Morgan fingerprint density at radius 3 is 2.83 bits per heavy atom. The van der Waals surface area contributed by atoms with Crippen LogP contribution in [0.4, 0.5) is 10.5 Å². The second-order valence-electron chi connectivity index (χ2n) is 5.82. The van der Waals surface area contributed by atoms with Gasteiger partial charge in [0.1, 0.15) is 5.75 Å². The first-order valence-corrected chi connectivity index (χ1v) is 9.33. The van der Waals surface area contributed by atoms with E-state index < -0.39 is 10.8 Å². The van der Waals surface area contributed by atoms with Crippen LogP contribution >= 0.6 is 0 Å². The minimum Gasteiger partial charge on any atom is -0.493 e. The zero-order valence-electron chi connectivity index (χ0n) is 13.6. The van der Waals surface area contributed by atoms with Crippen LogP contribution in [-0.2, 0) is 10.8 Å². The highest BCUT2D eigenvalue weighted by Crippen LogP contribution is 2.35. The predicted molar refractivity (Wildman–Crippen MR) is 95.1 cm³/mol. The van der Waals surface area contributed by atoms with Crippen LogP contribution in [0.1, 0.15) is 18.4 Å². The summed E-state index contributed by atoms with van der Waals surface area (Å²) >= 11 is 0. The van der Waals surface area contributed by atoms with Gasteiger partial charge in [0.05, 0.1) is 6.61 Å². The lowest BCUT2D eigenvalue weighted by Gasteiger charge is -2.20. The summed E-state index contributed by atoms with van der Waals surface area (Å²) in [7, 11) is -1.08. The van der Waals surface area contributed by atoms with Gasteiger partial charge in [-0.05, 0) is 31.2 Å². The molecule has 0 fully saturated rings. The first-order valence-electron chi connectivity index (χ1n) is 7.77. The molecule has 0 spiro atoms. The number of anilines is 1. The van der Waals surface area contributed by atoms with Crippen LogP contribution in [0.2, 0.25) is 0 Å². The molecule has 126 valence electrons. The van der Waals surface area contributed by atoms with Crippen LogP contribution in [0, 0.1) is 0 Å². The Labute approximate surface area is 143 Å². The molecule has 2 aromatic rings. The number of fused-ring (bicyclic) bond motifs is 1. The molecule has 1 aliphatic heterocycles. The fourth-order valence-electron chi connectivity index (χ4n) is 2.83. The molecule has 0 saturated carbocycles. The SMILES string of the molecule is CC(NC(=O)Nc1cccc(S(C)=O)c1)C1COc2ccccc21. The lowest BCUT2D eigenvalue weighted by molar-refractivity contribution is 0.244. The van der Waals surface area contributed by atoms with Crippen molar-refractivity contribution in [1.29, 1.82) is 0 Å². The van der Waals surface area contributed by atoms with Gasteiger partial charge in [0, 0.05) is 45.2 Å². The molecule has 2 aromatic carbocycles. The smallest absolute Gasteiger partial charge is 0.319 e. The quantitative estimate of drug-likeness (QED) is 0.895. The summed E-state index contributed by atoms with van der Waals surface area (Å²) in [6.45, 7) is 2.53. The Hall–Kier alpha value is -2.34. The fraction of sp³-hybridized carbons (Fsp3) is 0.278. The van der Waals surface area contributed by atoms with Crippen LogP contribution in [0.25, 0.3) is 0 Å². The van der Waals surface area contributed by atoms with Crippen LogP contribution in [0.5, 0.6) is 5.75 Å². The topological polar surface area (TPSA) is 67.4 Å². The monoisotopic (exact) mass is 344 g/mol. The van der Waals surface area contributed by atoms with Crippen molar-refractivity contribution in [2.24, 2.45) is 0 Å². The summed E-state index contributed by atoms with van der Waals surface area (Å²) < 4.78 is 17.2. The van der Waals surface area contributed by atoms with Gasteiger partial charge in [0.15, 0.2) is 0 Å². The van der Waals surface area contributed by atoms with Crippen molar-refractivity contribution >= 4 is 22.5 Å². The van der Waals surface area contributed by atoms with Gasteiger partial charge in [-0.2, -0.15) is 0 Å². The first-order chi connectivity index (χ1) is 11.5. The molecule has 6 heteroatoms. The largest absolute Gasteiger partial charge is 0.493 e. The Balaban J connectivity index is 1.63. The number of nitrogens with one attached hydrogen (secondary N) is 2. The summed E-state index contributed by atoms with van der Waals surface area (Å²) in [5.74, 6) is 1.01. The van der Waals surface area contributed by atoms with Gasteiger partial charge in [0.2, 0.25) is 0 Å². The molecular weight excluding hydrogens is 324 g/mol. The second-order valence-corrected chi connectivity index (χ2v) is 7.20. The van der Waals surface area contributed by atoms with Crippen molar-refractivity contribution in [2.75, 3.05) is 18.2 Å². The van der Waals surface area contributed by atoms with Gasteiger partial charge in [0.25, 0.3) is 0 Å². The van der Waals surface area contributed by atoms with E-state index in [1.807, 2.05) is 31.2 Å². The highest BCUT2D eigenvalue weighted by atomic mass is 32.2. The van der Waals surface area contributed by atoms with Gasteiger partial charge >= 0.3 is 6.03 Å². The molecule has 3 atom stereocenters. The summed E-state index contributed by atoms with van der Waals surface area (Å²) in [6.07, 6.45) is 1.61. The van der Waals surface area contributed by atoms with Gasteiger partial charge < -0.3 is 15.4 Å². The van der Waals surface area contributed by atoms with E-state index in [0.29, 0.717) is 17.2 Å². The Kier molecular flexibility index (Phi) is 4.85. The fourth-order valence-corrected chi connectivity index (χ4v) is 3.39. The van der Waals surface area contributed by atoms with Crippen molar-refractivity contribution in [1.82, 2.24) is 5.32 Å². The zero-order valence-corrected chi connectivity index (χ0v) is 14.4. The minimum atomic E-state index is -1.08. The number of ether oxygens (including phenoxy) is 1. The van der Waals surface area contributed by atoms with E-state index in [9.17, 15) is 9.00 Å². The van der Waals surface area contributed by atoms with E-state index in [1.54, 1.807) is 30.5 Å². The predicted octanol–water partition coefficient (Wildman–Crippen LogP) is 3.11. The van der Waals surface area contributed by atoms with Crippen molar-refractivity contribution in [3.05, 3.63) is 54.1 Å². The highest BCUT2D eigenvalue weighted by molar-refractivity contribution is 7.84. The average Bonchev–Trinajstić information content (AvgIpc) is 2.99. The van der Waals surface area contributed by atoms with Crippen LogP contribution < -0.4 is 15.4 Å². The van der Waals surface area contributed by atoms with Gasteiger partial charge in [-0.1, -0.05) is 24.3 Å². The van der Waals surface area contributed by atoms with E-state index in [1.165, 1.54) is 0 Å². The third-order valence-electron chi connectivity index (χ3n) is 4.12. The number of carbonyl (C=O) groups is 1.